The van der Waals surface area contributed by atoms with E-state index in [1.54, 1.807) is 4.52 Å². The third-order valence-electron chi connectivity index (χ3n) is 1.44. The summed E-state index contributed by atoms with van der Waals surface area (Å²) >= 11 is 0. The number of nitrogens with zero attached hydrogens (tertiary/aromatic N) is 3. The zero-order chi connectivity index (χ0) is 6.97. The van der Waals surface area contributed by atoms with Gasteiger partial charge < -0.3 is 0 Å². The van der Waals surface area contributed by atoms with Crippen LogP contribution in [0.15, 0.2) is 18.2 Å². The van der Waals surface area contributed by atoms with Crippen LogP contribution in [0.5, 0.6) is 0 Å². The molecular formula is C7H6N3. The van der Waals surface area contributed by atoms with Crippen LogP contribution in [0.3, 0.4) is 0 Å². The Balaban J connectivity index is 2.95. The first-order chi connectivity index (χ1) is 4.88. The molecule has 0 aromatic carbocycles. The first-order valence-corrected chi connectivity index (χ1v) is 3.06. The molecule has 0 N–H and O–H groups in total. The lowest BCUT2D eigenvalue weighted by Gasteiger charge is -1.93. The van der Waals surface area contributed by atoms with Crippen LogP contribution in [0.4, 0.5) is 0 Å². The van der Waals surface area contributed by atoms with Gasteiger partial charge in [0.25, 0.3) is 0 Å². The molecular weight excluding hydrogens is 126 g/mol. The van der Waals surface area contributed by atoms with E-state index in [1.165, 1.54) is 0 Å². The highest BCUT2D eigenvalue weighted by Gasteiger charge is 1.94. The summed E-state index contributed by atoms with van der Waals surface area (Å²) in [6.07, 6.45) is 2.54. The van der Waals surface area contributed by atoms with E-state index in [4.69, 9.17) is 0 Å². The Morgan fingerprint density at radius 1 is 1.50 bits per heavy atom. The Morgan fingerprint density at radius 3 is 3.20 bits per heavy atom. The number of hydrogen-bond acceptors (Lipinski definition) is 2. The van der Waals surface area contributed by atoms with Crippen LogP contribution in [0.25, 0.3) is 5.65 Å². The minimum atomic E-state index is 0.847. The van der Waals surface area contributed by atoms with Gasteiger partial charge in [-0.25, -0.2) is 9.50 Å². The van der Waals surface area contributed by atoms with Gasteiger partial charge in [0.05, 0.1) is 0 Å². The number of pyridine rings is 1. The van der Waals surface area contributed by atoms with Crippen molar-refractivity contribution in [3.63, 3.8) is 0 Å². The molecule has 0 aliphatic heterocycles. The summed E-state index contributed by atoms with van der Waals surface area (Å²) in [5, 5.41) is 3.90. The van der Waals surface area contributed by atoms with E-state index in [2.05, 4.69) is 16.4 Å². The van der Waals surface area contributed by atoms with E-state index in [1.807, 2.05) is 25.1 Å². The summed E-state index contributed by atoms with van der Waals surface area (Å²) in [5.41, 5.74) is 1.92. The molecule has 10 heavy (non-hydrogen) atoms. The molecule has 0 spiro atoms. The summed E-state index contributed by atoms with van der Waals surface area (Å²) in [6, 6.07) is 5.83. The van der Waals surface area contributed by atoms with E-state index in [9.17, 15) is 0 Å². The number of fused-ring (bicyclic) bond motifs is 1. The summed E-state index contributed by atoms with van der Waals surface area (Å²) in [4.78, 5) is 3.91. The van der Waals surface area contributed by atoms with Crippen LogP contribution < -0.4 is 0 Å². The molecule has 3 heteroatoms. The molecule has 49 valence electrons. The normalized spacial score (nSPS) is 10.5. The van der Waals surface area contributed by atoms with E-state index in [0.29, 0.717) is 0 Å². The molecule has 2 heterocycles. The van der Waals surface area contributed by atoms with E-state index >= 15 is 0 Å². The van der Waals surface area contributed by atoms with E-state index in [0.717, 1.165) is 11.3 Å². The van der Waals surface area contributed by atoms with Crippen LogP contribution in [0, 0.1) is 13.3 Å². The molecule has 0 saturated heterocycles. The van der Waals surface area contributed by atoms with Gasteiger partial charge in [-0.2, -0.15) is 0 Å². The van der Waals surface area contributed by atoms with Crippen LogP contribution >= 0.6 is 0 Å². The topological polar surface area (TPSA) is 30.2 Å². The largest absolute Gasteiger partial charge is 0.221 e. The van der Waals surface area contributed by atoms with Gasteiger partial charge in [0.1, 0.15) is 0 Å². The molecule has 2 rings (SSSR count). The van der Waals surface area contributed by atoms with E-state index < -0.39 is 0 Å². The third-order valence-corrected chi connectivity index (χ3v) is 1.44. The van der Waals surface area contributed by atoms with Gasteiger partial charge in [0.15, 0.2) is 5.65 Å². The van der Waals surface area contributed by atoms with Crippen molar-refractivity contribution < 1.29 is 0 Å². The molecule has 0 atom stereocenters. The second kappa shape index (κ2) is 1.80. The number of aromatic nitrogens is 3. The molecule has 0 fully saturated rings. The molecule has 2 aromatic heterocycles. The van der Waals surface area contributed by atoms with Crippen molar-refractivity contribution in [1.29, 1.82) is 0 Å². The Hall–Kier alpha value is -1.38. The lowest BCUT2D eigenvalue weighted by Crippen LogP contribution is -1.90. The van der Waals surface area contributed by atoms with Gasteiger partial charge in [-0.3, -0.25) is 0 Å². The summed E-state index contributed by atoms with van der Waals surface area (Å²) < 4.78 is 1.75. The maximum Gasteiger partial charge on any atom is 0.221 e. The molecule has 0 amide bonds. The fourth-order valence-electron chi connectivity index (χ4n) is 0.928. The number of rotatable bonds is 0. The fraction of sp³-hybridized carbons (Fsp3) is 0.143. The van der Waals surface area contributed by atoms with Crippen molar-refractivity contribution in [1.82, 2.24) is 14.6 Å². The Morgan fingerprint density at radius 2 is 2.40 bits per heavy atom. The minimum absolute atomic E-state index is 0.847. The van der Waals surface area contributed by atoms with Crippen molar-refractivity contribution in [2.45, 2.75) is 6.92 Å². The lowest BCUT2D eigenvalue weighted by molar-refractivity contribution is 0.911. The second-order valence-electron chi connectivity index (χ2n) is 2.15. The smallest absolute Gasteiger partial charge is 0.218 e. The van der Waals surface area contributed by atoms with Crippen LogP contribution in [0.1, 0.15) is 5.69 Å². The van der Waals surface area contributed by atoms with Crippen molar-refractivity contribution in [3.8, 4) is 0 Å². The first kappa shape index (κ1) is 5.41. The summed E-state index contributed by atoms with van der Waals surface area (Å²) in [7, 11) is 0. The highest BCUT2D eigenvalue weighted by atomic mass is 15.3. The van der Waals surface area contributed by atoms with Crippen LogP contribution in [-0.2, 0) is 0 Å². The van der Waals surface area contributed by atoms with Crippen molar-refractivity contribution >= 4 is 5.65 Å². The van der Waals surface area contributed by atoms with E-state index in [-0.39, 0.29) is 0 Å². The second-order valence-corrected chi connectivity index (χ2v) is 2.15. The highest BCUT2D eigenvalue weighted by Crippen LogP contribution is 2.00. The van der Waals surface area contributed by atoms with Gasteiger partial charge in [0, 0.05) is 5.69 Å². The molecule has 0 aliphatic rings. The monoisotopic (exact) mass is 132 g/mol. The first-order valence-electron chi connectivity index (χ1n) is 3.06. The molecule has 0 bridgehead atoms. The van der Waals surface area contributed by atoms with Crippen molar-refractivity contribution in [3.05, 3.63) is 30.2 Å². The molecule has 1 radical (unpaired) electrons. The maximum absolute atomic E-state index is 3.91. The standard InChI is InChI=1S/C7H6N3/c1-6-3-2-4-7-8-5-9-10(6)7/h2-4H,1H3. The number of hydrogen-bond donors (Lipinski definition) is 0. The van der Waals surface area contributed by atoms with Crippen molar-refractivity contribution in [2.75, 3.05) is 0 Å². The van der Waals surface area contributed by atoms with Crippen molar-refractivity contribution in [2.24, 2.45) is 0 Å². The Bertz CT molecular complexity index is 350. The minimum Gasteiger partial charge on any atom is -0.218 e. The molecule has 0 aliphatic carbocycles. The zero-order valence-corrected chi connectivity index (χ0v) is 5.57. The Labute approximate surface area is 58.3 Å². The zero-order valence-electron chi connectivity index (χ0n) is 5.57. The van der Waals surface area contributed by atoms with Crippen LogP contribution in [0.2, 0.25) is 0 Å². The van der Waals surface area contributed by atoms with Gasteiger partial charge in [0.2, 0.25) is 6.33 Å². The predicted octanol–water partition coefficient (Wildman–Crippen LogP) is 0.838. The lowest BCUT2D eigenvalue weighted by atomic mass is 10.4. The molecule has 0 unspecified atom stereocenters. The van der Waals surface area contributed by atoms with Gasteiger partial charge in [-0.15, -0.1) is 5.10 Å². The van der Waals surface area contributed by atoms with Crippen LogP contribution in [-0.4, -0.2) is 14.6 Å². The van der Waals surface area contributed by atoms with Gasteiger partial charge in [-0.1, -0.05) is 6.07 Å². The highest BCUT2D eigenvalue weighted by molar-refractivity contribution is 5.36. The third kappa shape index (κ3) is 0.603. The summed E-state index contributed by atoms with van der Waals surface area (Å²) in [6.45, 7) is 1.98. The SMILES string of the molecule is Cc1cccc2n[c]nn12. The summed E-state index contributed by atoms with van der Waals surface area (Å²) in [5.74, 6) is 0. The maximum atomic E-state index is 3.91. The van der Waals surface area contributed by atoms with Gasteiger partial charge >= 0.3 is 0 Å². The van der Waals surface area contributed by atoms with Gasteiger partial charge in [-0.05, 0) is 19.1 Å². The predicted molar refractivity (Wildman–Crippen MR) is 36.6 cm³/mol. The average Bonchev–Trinajstić information content (AvgIpc) is 2.36. The molecule has 2 aromatic rings. The number of aryl methyl sites for hydroxylation is 1. The fourth-order valence-corrected chi connectivity index (χ4v) is 0.928. The molecule has 0 saturated carbocycles. The average molecular weight is 132 g/mol. The quantitative estimate of drug-likeness (QED) is 0.531. The Kier molecular flexibility index (Phi) is 0.974. The molecule has 3 nitrogen and oxygen atoms in total.